The lowest BCUT2D eigenvalue weighted by Crippen LogP contribution is -2.08. The third kappa shape index (κ3) is 6.34. The van der Waals surface area contributed by atoms with E-state index in [4.69, 9.17) is 9.47 Å². The van der Waals surface area contributed by atoms with Gasteiger partial charge in [0.05, 0.1) is 18.8 Å². The Balaban J connectivity index is 1.67. The summed E-state index contributed by atoms with van der Waals surface area (Å²) in [4.78, 5) is 12.1. The molecule has 0 aliphatic rings. The molecule has 3 nitrogen and oxygen atoms in total. The summed E-state index contributed by atoms with van der Waals surface area (Å²) in [7, 11) is 0. The molecule has 2 aromatic carbocycles. The van der Waals surface area contributed by atoms with Crippen LogP contribution in [0.25, 0.3) is 11.1 Å². The Morgan fingerprint density at radius 3 is 2.15 bits per heavy atom. The Morgan fingerprint density at radius 2 is 1.50 bits per heavy atom. The van der Waals surface area contributed by atoms with Crippen LogP contribution >= 0.6 is 0 Å². The van der Waals surface area contributed by atoms with E-state index < -0.39 is 0 Å². The minimum Gasteiger partial charge on any atom is -0.462 e. The predicted molar refractivity (Wildman–Crippen MR) is 106 cm³/mol. The number of carbonyl (C=O) groups is 1. The van der Waals surface area contributed by atoms with E-state index in [1.54, 1.807) is 12.1 Å². The molecule has 0 aromatic heterocycles. The number of benzene rings is 2. The van der Waals surface area contributed by atoms with Gasteiger partial charge >= 0.3 is 5.97 Å². The molecule has 0 aliphatic carbocycles. The molecular weight excluding hydrogens is 324 g/mol. The highest BCUT2D eigenvalue weighted by Crippen LogP contribution is 2.19. The number of hydrogen-bond acceptors (Lipinski definition) is 3. The van der Waals surface area contributed by atoms with Gasteiger partial charge in [-0.3, -0.25) is 0 Å². The lowest BCUT2D eigenvalue weighted by molar-refractivity contribution is 0.0480. The first kappa shape index (κ1) is 19.7. The second-order valence-electron chi connectivity index (χ2n) is 6.00. The van der Waals surface area contributed by atoms with Crippen LogP contribution in [-0.2, 0) is 9.47 Å². The van der Waals surface area contributed by atoms with Crippen LogP contribution in [0.4, 0.5) is 0 Å². The number of carbonyl (C=O) groups excluding carboxylic acids is 1. The molecular formula is C23H26O3. The Hall–Kier alpha value is -2.65. The molecule has 0 saturated carbocycles. The van der Waals surface area contributed by atoms with E-state index in [-0.39, 0.29) is 11.9 Å². The van der Waals surface area contributed by atoms with Crippen LogP contribution in [-0.4, -0.2) is 25.8 Å². The van der Waals surface area contributed by atoms with Crippen molar-refractivity contribution < 1.29 is 14.3 Å². The summed E-state index contributed by atoms with van der Waals surface area (Å²) in [6, 6.07) is 17.6. The minimum atomic E-state index is -0.288. The summed E-state index contributed by atoms with van der Waals surface area (Å²) in [5, 5.41) is 0. The van der Waals surface area contributed by atoms with Gasteiger partial charge < -0.3 is 9.47 Å². The summed E-state index contributed by atoms with van der Waals surface area (Å²) < 4.78 is 10.9. The third-order valence-electron chi connectivity index (χ3n) is 4.06. The second kappa shape index (κ2) is 11.1. The summed E-state index contributed by atoms with van der Waals surface area (Å²) >= 11 is 0. The molecule has 0 spiro atoms. The number of rotatable bonds is 11. The summed E-state index contributed by atoms with van der Waals surface area (Å²) in [6.07, 6.45) is 5.26. The van der Waals surface area contributed by atoms with E-state index >= 15 is 0 Å². The molecule has 0 atom stereocenters. The Morgan fingerprint density at radius 1 is 0.885 bits per heavy atom. The third-order valence-corrected chi connectivity index (χ3v) is 4.06. The van der Waals surface area contributed by atoms with Gasteiger partial charge in [-0.15, -0.1) is 13.2 Å². The molecule has 0 bridgehead atoms. The largest absolute Gasteiger partial charge is 0.462 e. The van der Waals surface area contributed by atoms with Crippen LogP contribution in [0.15, 0.2) is 79.9 Å². The van der Waals surface area contributed by atoms with E-state index in [1.165, 1.54) is 0 Å². The SMILES string of the molecule is C=CC(C=C)COCCCCOC(=O)c1ccc(-c2ccccc2)cc1. The maximum atomic E-state index is 12.1. The molecule has 0 saturated heterocycles. The van der Waals surface area contributed by atoms with Crippen LogP contribution in [0.2, 0.25) is 0 Å². The van der Waals surface area contributed by atoms with Gasteiger partial charge in [0.15, 0.2) is 0 Å². The normalized spacial score (nSPS) is 10.5. The van der Waals surface area contributed by atoms with Crippen molar-refractivity contribution in [1.82, 2.24) is 0 Å². The molecule has 0 heterocycles. The van der Waals surface area contributed by atoms with Crippen LogP contribution < -0.4 is 0 Å². The van der Waals surface area contributed by atoms with Crippen LogP contribution in [0.1, 0.15) is 23.2 Å². The van der Waals surface area contributed by atoms with Gasteiger partial charge in [-0.2, -0.15) is 0 Å². The molecule has 3 heteroatoms. The molecule has 26 heavy (non-hydrogen) atoms. The molecule has 2 rings (SSSR count). The van der Waals surface area contributed by atoms with E-state index in [2.05, 4.69) is 13.2 Å². The van der Waals surface area contributed by atoms with Gasteiger partial charge in [0.2, 0.25) is 0 Å². The van der Waals surface area contributed by atoms with Crippen molar-refractivity contribution in [3.05, 3.63) is 85.5 Å². The zero-order chi connectivity index (χ0) is 18.6. The van der Waals surface area contributed by atoms with Gasteiger partial charge in [0, 0.05) is 12.5 Å². The second-order valence-corrected chi connectivity index (χ2v) is 6.00. The van der Waals surface area contributed by atoms with Crippen LogP contribution in [0, 0.1) is 5.92 Å². The average Bonchev–Trinajstić information content (AvgIpc) is 2.71. The first-order valence-electron chi connectivity index (χ1n) is 8.90. The Labute approximate surface area is 156 Å². The van der Waals surface area contributed by atoms with Crippen molar-refractivity contribution in [2.45, 2.75) is 12.8 Å². The van der Waals surface area contributed by atoms with Gasteiger partial charge in [-0.05, 0) is 36.1 Å². The summed E-state index contributed by atoms with van der Waals surface area (Å²) in [5.74, 6) is -0.101. The van der Waals surface area contributed by atoms with Crippen molar-refractivity contribution in [2.24, 2.45) is 5.92 Å². The van der Waals surface area contributed by atoms with E-state index in [1.807, 2.05) is 54.6 Å². The smallest absolute Gasteiger partial charge is 0.338 e. The van der Waals surface area contributed by atoms with E-state index in [0.29, 0.717) is 25.4 Å². The standard InChI is InChI=1S/C23H26O3/c1-3-19(4-2)18-25-16-8-9-17-26-23(24)22-14-12-21(13-15-22)20-10-6-5-7-11-20/h3-7,10-15,19H,1-2,8-9,16-18H2. The molecule has 0 N–H and O–H groups in total. The van der Waals surface area contributed by atoms with Crippen molar-refractivity contribution in [3.63, 3.8) is 0 Å². The average molecular weight is 350 g/mol. The minimum absolute atomic E-state index is 0.187. The van der Waals surface area contributed by atoms with E-state index in [0.717, 1.165) is 24.0 Å². The van der Waals surface area contributed by atoms with Gasteiger partial charge in [-0.1, -0.05) is 54.6 Å². The highest BCUT2D eigenvalue weighted by molar-refractivity contribution is 5.90. The van der Waals surface area contributed by atoms with Gasteiger partial charge in [-0.25, -0.2) is 4.79 Å². The molecule has 0 aliphatic heterocycles. The fraction of sp³-hybridized carbons (Fsp3) is 0.261. The first-order chi connectivity index (χ1) is 12.7. The molecule has 0 amide bonds. The van der Waals surface area contributed by atoms with Crippen molar-refractivity contribution in [3.8, 4) is 11.1 Å². The van der Waals surface area contributed by atoms with Crippen LogP contribution in [0.3, 0.4) is 0 Å². The lowest BCUT2D eigenvalue weighted by atomic mass is 10.0. The fourth-order valence-electron chi connectivity index (χ4n) is 2.44. The molecule has 136 valence electrons. The lowest BCUT2D eigenvalue weighted by Gasteiger charge is -2.09. The summed E-state index contributed by atoms with van der Waals surface area (Å²) in [5.41, 5.74) is 2.78. The highest BCUT2D eigenvalue weighted by Gasteiger charge is 2.07. The first-order valence-corrected chi connectivity index (χ1v) is 8.90. The predicted octanol–water partition coefficient (Wildman–Crippen LogP) is 5.30. The number of hydrogen-bond donors (Lipinski definition) is 0. The quantitative estimate of drug-likeness (QED) is 0.313. The van der Waals surface area contributed by atoms with Crippen molar-refractivity contribution >= 4 is 5.97 Å². The molecule has 2 aromatic rings. The topological polar surface area (TPSA) is 35.5 Å². The van der Waals surface area contributed by atoms with Gasteiger partial charge in [0.25, 0.3) is 0 Å². The molecule has 0 unspecified atom stereocenters. The summed E-state index contributed by atoms with van der Waals surface area (Å²) in [6.45, 7) is 9.08. The Bertz CT molecular complexity index is 681. The number of unbranched alkanes of at least 4 members (excludes halogenated alkanes) is 1. The maximum Gasteiger partial charge on any atom is 0.338 e. The van der Waals surface area contributed by atoms with Crippen LogP contribution in [0.5, 0.6) is 0 Å². The Kier molecular flexibility index (Phi) is 8.37. The van der Waals surface area contributed by atoms with Crippen molar-refractivity contribution in [2.75, 3.05) is 19.8 Å². The number of ether oxygens (including phenoxy) is 2. The van der Waals surface area contributed by atoms with Crippen molar-refractivity contribution in [1.29, 1.82) is 0 Å². The zero-order valence-corrected chi connectivity index (χ0v) is 15.1. The number of esters is 1. The monoisotopic (exact) mass is 350 g/mol. The van der Waals surface area contributed by atoms with Gasteiger partial charge in [0.1, 0.15) is 0 Å². The highest BCUT2D eigenvalue weighted by atomic mass is 16.5. The fourth-order valence-corrected chi connectivity index (χ4v) is 2.44. The zero-order valence-electron chi connectivity index (χ0n) is 15.1. The van der Waals surface area contributed by atoms with E-state index in [9.17, 15) is 4.79 Å². The molecule has 0 radical (unpaired) electrons. The maximum absolute atomic E-state index is 12.1. The molecule has 0 fully saturated rings.